The van der Waals surface area contributed by atoms with Gasteiger partial charge in [-0.2, -0.15) is 5.26 Å². The first kappa shape index (κ1) is 15.1. The lowest BCUT2D eigenvalue weighted by Crippen LogP contribution is -2.11. The molecule has 0 fully saturated rings. The number of esters is 1. The maximum atomic E-state index is 13.8. The molecule has 6 nitrogen and oxygen atoms in total. The average Bonchev–Trinajstić information content (AvgIpc) is 2.80. The molecular weight excluding hydrogens is 392 g/mol. The third kappa shape index (κ3) is 2.40. The van der Waals surface area contributed by atoms with Crippen molar-refractivity contribution in [1.82, 2.24) is 4.57 Å². The highest BCUT2D eigenvalue weighted by atomic mass is 127. The molecular formula is C13H9FIN3O3. The molecule has 0 amide bonds. The third-order valence-corrected chi connectivity index (χ3v) is 3.68. The average molecular weight is 401 g/mol. The van der Waals surface area contributed by atoms with Crippen LogP contribution in [0.15, 0.2) is 18.3 Å². The molecule has 0 saturated heterocycles. The number of nitrogen functional groups attached to an aromatic ring is 1. The molecule has 0 atom stereocenters. The van der Waals surface area contributed by atoms with Crippen LogP contribution >= 0.6 is 22.6 Å². The van der Waals surface area contributed by atoms with E-state index >= 15 is 0 Å². The fraction of sp³-hybridized carbons (Fsp3) is 0.0769. The molecule has 0 aliphatic heterocycles. The number of aromatic nitrogens is 1. The molecule has 0 spiro atoms. The number of rotatable bonds is 2. The summed E-state index contributed by atoms with van der Waals surface area (Å²) >= 11 is 1.72. The fourth-order valence-corrected chi connectivity index (χ4v) is 2.26. The molecule has 108 valence electrons. The van der Waals surface area contributed by atoms with Crippen LogP contribution in [0.5, 0.6) is 5.75 Å². The van der Waals surface area contributed by atoms with Crippen molar-refractivity contribution in [3.05, 3.63) is 39.0 Å². The summed E-state index contributed by atoms with van der Waals surface area (Å²) in [7, 11) is 1.15. The largest absolute Gasteiger partial charge is 0.503 e. The standard InChI is InChI=1S/C13H9FIN3O3/c1-21-13(20)11-10(17)6(4-16)5-18(11)8-3-2-7(15)9(14)12(8)19/h2-3,5,19H,17H2,1H3. The lowest BCUT2D eigenvalue weighted by atomic mass is 10.2. The summed E-state index contributed by atoms with van der Waals surface area (Å²) < 4.78 is 19.8. The van der Waals surface area contributed by atoms with Crippen LogP contribution < -0.4 is 5.73 Å². The van der Waals surface area contributed by atoms with Crippen molar-refractivity contribution in [3.8, 4) is 17.5 Å². The number of phenols is 1. The van der Waals surface area contributed by atoms with Gasteiger partial charge >= 0.3 is 5.97 Å². The number of nitriles is 1. The second-order valence-corrected chi connectivity index (χ2v) is 5.17. The number of hydrogen-bond acceptors (Lipinski definition) is 5. The third-order valence-electron chi connectivity index (χ3n) is 2.85. The van der Waals surface area contributed by atoms with Crippen molar-refractivity contribution in [2.45, 2.75) is 0 Å². The molecule has 0 unspecified atom stereocenters. The zero-order valence-corrected chi connectivity index (χ0v) is 12.9. The Morgan fingerprint density at radius 3 is 2.81 bits per heavy atom. The van der Waals surface area contributed by atoms with Gasteiger partial charge < -0.3 is 20.1 Å². The molecule has 0 aliphatic carbocycles. The first-order valence-electron chi connectivity index (χ1n) is 5.59. The number of carbonyl (C=O) groups is 1. The van der Waals surface area contributed by atoms with Crippen molar-refractivity contribution in [3.63, 3.8) is 0 Å². The van der Waals surface area contributed by atoms with Crippen LogP contribution in [0.2, 0.25) is 0 Å². The van der Waals surface area contributed by atoms with E-state index in [1.165, 1.54) is 18.3 Å². The van der Waals surface area contributed by atoms with Crippen LogP contribution in [0.25, 0.3) is 5.69 Å². The van der Waals surface area contributed by atoms with Crippen LogP contribution in [0.4, 0.5) is 10.1 Å². The molecule has 8 heteroatoms. The smallest absolute Gasteiger partial charge is 0.357 e. The van der Waals surface area contributed by atoms with E-state index < -0.39 is 17.5 Å². The number of nitrogens with zero attached hydrogens (tertiary/aromatic N) is 2. The molecule has 2 rings (SSSR count). The minimum atomic E-state index is -0.824. The topological polar surface area (TPSA) is 101 Å². The lowest BCUT2D eigenvalue weighted by molar-refractivity contribution is 0.0593. The number of carbonyl (C=O) groups excluding carboxylic acids is 1. The maximum absolute atomic E-state index is 13.8. The summed E-state index contributed by atoms with van der Waals surface area (Å²) in [5, 5.41) is 18.9. The highest BCUT2D eigenvalue weighted by Crippen LogP contribution is 2.32. The van der Waals surface area contributed by atoms with E-state index in [1.807, 2.05) is 6.07 Å². The summed E-state index contributed by atoms with van der Waals surface area (Å²) in [5.74, 6) is -2.27. The molecule has 0 bridgehead atoms. The van der Waals surface area contributed by atoms with Gasteiger partial charge in [0, 0.05) is 6.20 Å². The monoisotopic (exact) mass is 401 g/mol. The summed E-state index contributed by atoms with van der Waals surface area (Å²) in [6, 6.07) is 4.65. The van der Waals surface area contributed by atoms with Gasteiger partial charge in [-0.05, 0) is 34.7 Å². The molecule has 21 heavy (non-hydrogen) atoms. The Labute approximate surface area is 132 Å². The fourth-order valence-electron chi connectivity index (χ4n) is 1.83. The number of aromatic hydroxyl groups is 1. The summed E-state index contributed by atoms with van der Waals surface area (Å²) in [6.07, 6.45) is 1.24. The predicted octanol–water partition coefficient (Wildman–Crippen LogP) is 2.17. The predicted molar refractivity (Wildman–Crippen MR) is 80.6 cm³/mol. The van der Waals surface area contributed by atoms with Crippen LogP contribution in [0.3, 0.4) is 0 Å². The van der Waals surface area contributed by atoms with Gasteiger partial charge in [-0.15, -0.1) is 0 Å². The Morgan fingerprint density at radius 2 is 2.24 bits per heavy atom. The van der Waals surface area contributed by atoms with Crippen LogP contribution in [-0.4, -0.2) is 22.8 Å². The van der Waals surface area contributed by atoms with Crippen molar-refractivity contribution >= 4 is 34.2 Å². The Kier molecular flexibility index (Phi) is 4.04. The second-order valence-electron chi connectivity index (χ2n) is 4.01. The Morgan fingerprint density at radius 1 is 1.57 bits per heavy atom. The Balaban J connectivity index is 2.79. The molecule has 3 N–H and O–H groups in total. The van der Waals surface area contributed by atoms with Crippen molar-refractivity contribution in [2.24, 2.45) is 0 Å². The highest BCUT2D eigenvalue weighted by molar-refractivity contribution is 14.1. The van der Waals surface area contributed by atoms with E-state index in [1.54, 1.807) is 22.6 Å². The first-order valence-corrected chi connectivity index (χ1v) is 6.66. The summed E-state index contributed by atoms with van der Waals surface area (Å²) in [6.45, 7) is 0. The van der Waals surface area contributed by atoms with Gasteiger partial charge in [0.2, 0.25) is 0 Å². The van der Waals surface area contributed by atoms with E-state index in [-0.39, 0.29) is 26.2 Å². The van der Waals surface area contributed by atoms with Gasteiger partial charge in [-0.1, -0.05) is 0 Å². The Bertz CT molecular complexity index is 780. The number of hydrogen-bond donors (Lipinski definition) is 2. The van der Waals surface area contributed by atoms with E-state index in [0.29, 0.717) is 0 Å². The minimum absolute atomic E-state index is 0.0125. The number of nitrogens with two attached hydrogens (primary N) is 1. The summed E-state index contributed by atoms with van der Waals surface area (Å²) in [5.41, 5.74) is 5.49. The molecule has 0 saturated carbocycles. The van der Waals surface area contributed by atoms with Gasteiger partial charge in [0.05, 0.1) is 27.6 Å². The number of benzene rings is 1. The van der Waals surface area contributed by atoms with Crippen molar-refractivity contribution in [2.75, 3.05) is 12.8 Å². The Hall–Kier alpha value is -2.28. The maximum Gasteiger partial charge on any atom is 0.357 e. The zero-order chi connectivity index (χ0) is 15.7. The van der Waals surface area contributed by atoms with Crippen LogP contribution in [0.1, 0.15) is 16.1 Å². The number of phenolic OH excluding ortho intramolecular Hbond substituents is 1. The molecule has 1 heterocycles. The van der Waals surface area contributed by atoms with Gasteiger partial charge in [0.25, 0.3) is 0 Å². The quantitative estimate of drug-likeness (QED) is 0.594. The summed E-state index contributed by atoms with van der Waals surface area (Å²) in [4.78, 5) is 11.8. The molecule has 1 aromatic carbocycles. The number of halogens is 2. The van der Waals surface area contributed by atoms with E-state index in [9.17, 15) is 14.3 Å². The molecule has 1 aromatic heterocycles. The van der Waals surface area contributed by atoms with E-state index in [4.69, 9.17) is 11.0 Å². The van der Waals surface area contributed by atoms with Crippen molar-refractivity contribution in [1.29, 1.82) is 5.26 Å². The zero-order valence-electron chi connectivity index (χ0n) is 10.7. The highest BCUT2D eigenvalue weighted by Gasteiger charge is 2.24. The second kappa shape index (κ2) is 5.61. The molecule has 0 radical (unpaired) electrons. The normalized spacial score (nSPS) is 10.2. The number of anilines is 1. The van der Waals surface area contributed by atoms with Gasteiger partial charge in [-0.25, -0.2) is 9.18 Å². The van der Waals surface area contributed by atoms with Crippen molar-refractivity contribution < 1.29 is 19.0 Å². The molecule has 2 aromatic rings. The SMILES string of the molecule is COC(=O)c1c(N)c(C#N)cn1-c1ccc(I)c(F)c1O. The number of methoxy groups -OCH3 is 1. The lowest BCUT2D eigenvalue weighted by Gasteiger charge is -2.11. The molecule has 0 aliphatic rings. The van der Waals surface area contributed by atoms with E-state index in [0.717, 1.165) is 11.7 Å². The van der Waals surface area contributed by atoms with Crippen LogP contribution in [-0.2, 0) is 4.74 Å². The first-order chi connectivity index (χ1) is 9.92. The number of ether oxygens (including phenoxy) is 1. The van der Waals surface area contributed by atoms with E-state index in [2.05, 4.69) is 4.74 Å². The minimum Gasteiger partial charge on any atom is -0.503 e. The van der Waals surface area contributed by atoms with Gasteiger partial charge in [-0.3, -0.25) is 0 Å². The van der Waals surface area contributed by atoms with Gasteiger partial charge in [0.1, 0.15) is 6.07 Å². The van der Waals surface area contributed by atoms with Gasteiger partial charge in [0.15, 0.2) is 17.3 Å². The van der Waals surface area contributed by atoms with Crippen LogP contribution in [0, 0.1) is 20.7 Å².